The Kier molecular flexibility index (Phi) is 20.8. The minimum atomic E-state index is -0.923. The number of nitrogens with one attached hydrogen (secondary N) is 2. The van der Waals surface area contributed by atoms with Gasteiger partial charge in [-0.15, -0.1) is 0 Å². The summed E-state index contributed by atoms with van der Waals surface area (Å²) in [4.78, 5) is 84.6. The van der Waals surface area contributed by atoms with E-state index < -0.39 is 66.1 Å². The van der Waals surface area contributed by atoms with E-state index in [0.717, 1.165) is 5.56 Å². The normalized spacial score (nSPS) is 18.5. The fourth-order valence-corrected chi connectivity index (χ4v) is 8.28. The van der Waals surface area contributed by atoms with E-state index in [4.69, 9.17) is 20.3 Å². The van der Waals surface area contributed by atoms with Crippen LogP contribution < -0.4 is 16.4 Å². The van der Waals surface area contributed by atoms with Crippen LogP contribution in [0.25, 0.3) is 0 Å². The number of ether oxygens (including phenoxy) is 2. The molecule has 1 aromatic rings. The van der Waals surface area contributed by atoms with Crippen molar-refractivity contribution >= 4 is 35.5 Å². The van der Waals surface area contributed by atoms with Crippen molar-refractivity contribution in [3.8, 4) is 0 Å². The Labute approximate surface area is 346 Å². The van der Waals surface area contributed by atoms with Crippen molar-refractivity contribution in [3.05, 3.63) is 35.9 Å². The van der Waals surface area contributed by atoms with Gasteiger partial charge in [0.15, 0.2) is 0 Å². The van der Waals surface area contributed by atoms with Crippen molar-refractivity contribution in [2.24, 2.45) is 29.4 Å². The van der Waals surface area contributed by atoms with Crippen LogP contribution in [-0.2, 0) is 44.7 Å². The Morgan fingerprint density at radius 2 is 1.57 bits per heavy atom. The fraction of sp³-hybridized carbons (Fsp3) is 0.721. The molecule has 1 aliphatic heterocycles. The third kappa shape index (κ3) is 14.0. The fourth-order valence-electron chi connectivity index (χ4n) is 8.28. The Balaban J connectivity index is 2.27. The summed E-state index contributed by atoms with van der Waals surface area (Å²) in [5, 5.41) is 14.9. The third-order valence-electron chi connectivity index (χ3n) is 11.7. The van der Waals surface area contributed by atoms with E-state index in [0.29, 0.717) is 38.8 Å². The predicted octanol–water partition coefficient (Wildman–Crippen LogP) is 3.08. The van der Waals surface area contributed by atoms with Gasteiger partial charge in [0.1, 0.15) is 12.1 Å². The van der Waals surface area contributed by atoms with Crippen LogP contribution in [0, 0.1) is 23.7 Å². The van der Waals surface area contributed by atoms with Crippen LogP contribution in [0.15, 0.2) is 30.3 Å². The van der Waals surface area contributed by atoms with Crippen LogP contribution in [0.1, 0.15) is 92.6 Å². The first-order valence-corrected chi connectivity index (χ1v) is 20.8. The topological polar surface area (TPSA) is 201 Å². The number of aliphatic carboxylic acids is 1. The van der Waals surface area contributed by atoms with Gasteiger partial charge in [-0.2, -0.15) is 0 Å². The summed E-state index contributed by atoms with van der Waals surface area (Å²) < 4.78 is 11.9. The van der Waals surface area contributed by atoms with Gasteiger partial charge < -0.3 is 40.7 Å². The molecule has 58 heavy (non-hydrogen) atoms. The largest absolute Gasteiger partial charge is 0.481 e. The molecule has 1 fully saturated rings. The number of carboxylic acids is 1. The number of amides is 5. The second-order valence-electron chi connectivity index (χ2n) is 16.6. The van der Waals surface area contributed by atoms with Crippen LogP contribution in [0.3, 0.4) is 0 Å². The van der Waals surface area contributed by atoms with Crippen molar-refractivity contribution in [1.29, 1.82) is 0 Å². The molecule has 0 radical (unpaired) electrons. The maximum absolute atomic E-state index is 14.4. The van der Waals surface area contributed by atoms with Gasteiger partial charge in [0, 0.05) is 40.7 Å². The maximum atomic E-state index is 14.4. The molecule has 9 atom stereocenters. The lowest BCUT2D eigenvalue weighted by Gasteiger charge is -2.41. The average Bonchev–Trinajstić information content (AvgIpc) is 3.65. The number of carbonyl (C=O) groups excluding carboxylic acids is 5. The SMILES string of the molecule is CC[C@H](C)[C@@H]([C@@H](CC(=O)N1CCC[C@H]1[C@H](OC)[C@@H](C)C(=O)N[C@@H](Cc1ccccc1)C(N)=O)OC)N(C)C(=O)[C@@H](NC(=O)[C@H](C(C)C)N(C)CCCC(=O)O)C(C)C. The molecular formula is C43H72N6O9. The molecule has 15 heteroatoms. The highest BCUT2D eigenvalue weighted by molar-refractivity contribution is 5.90. The molecule has 1 aromatic carbocycles. The number of carbonyl (C=O) groups is 6. The highest BCUT2D eigenvalue weighted by atomic mass is 16.5. The minimum Gasteiger partial charge on any atom is -0.481 e. The van der Waals surface area contributed by atoms with E-state index in [1.165, 1.54) is 14.2 Å². The quantitative estimate of drug-likeness (QED) is 0.114. The Bertz CT molecular complexity index is 1490. The number of likely N-dealkylation sites (N-methyl/N-ethyl adjacent to an activating group) is 2. The standard InChI is InChI=1S/C43H72N6O9/c1-12-28(6)38(48(9)43(56)36(26(2)3)46-42(55)37(27(4)5)47(8)22-17-21-35(51)52)33(57-10)25-34(50)49-23-16-20-32(49)39(58-11)29(7)41(54)45-31(40(44)53)24-30-18-14-13-15-19-30/h13-15,18-19,26-29,31-33,36-39H,12,16-17,20-25H2,1-11H3,(H2,44,53)(H,45,54)(H,46,55)(H,51,52)/t28-,29+,31-,32-,33+,36-,37-,38-,39+/m0/s1. The van der Waals surface area contributed by atoms with Gasteiger partial charge in [-0.25, -0.2) is 0 Å². The second kappa shape index (κ2) is 24.1. The van der Waals surface area contributed by atoms with Crippen molar-refractivity contribution in [2.45, 2.75) is 136 Å². The number of nitrogens with zero attached hydrogens (tertiary/aromatic N) is 3. The summed E-state index contributed by atoms with van der Waals surface area (Å²) in [5.41, 5.74) is 6.53. The first-order chi connectivity index (χ1) is 27.3. The van der Waals surface area contributed by atoms with Crippen molar-refractivity contribution < 1.29 is 43.3 Å². The van der Waals surface area contributed by atoms with Crippen LogP contribution in [-0.4, -0.2) is 139 Å². The molecular weight excluding hydrogens is 745 g/mol. The molecule has 328 valence electrons. The lowest BCUT2D eigenvalue weighted by molar-refractivity contribution is -0.148. The average molecular weight is 817 g/mol. The number of likely N-dealkylation sites (tertiary alicyclic amines) is 1. The molecule has 0 bridgehead atoms. The highest BCUT2D eigenvalue weighted by Crippen LogP contribution is 2.30. The molecule has 0 unspecified atom stereocenters. The maximum Gasteiger partial charge on any atom is 0.303 e. The molecule has 1 aliphatic rings. The number of primary amides is 1. The monoisotopic (exact) mass is 817 g/mol. The second-order valence-corrected chi connectivity index (χ2v) is 16.6. The molecule has 2 rings (SSSR count). The van der Waals surface area contributed by atoms with E-state index in [9.17, 15) is 28.8 Å². The molecule has 1 heterocycles. The Morgan fingerprint density at radius 3 is 2.09 bits per heavy atom. The molecule has 0 spiro atoms. The van der Waals surface area contributed by atoms with Gasteiger partial charge in [0.25, 0.3) is 0 Å². The number of methoxy groups -OCH3 is 2. The summed E-state index contributed by atoms with van der Waals surface area (Å²) in [6.07, 6.45) is 1.21. The van der Waals surface area contributed by atoms with E-state index in [1.54, 1.807) is 30.8 Å². The van der Waals surface area contributed by atoms with Crippen molar-refractivity contribution in [3.63, 3.8) is 0 Å². The zero-order valence-corrected chi connectivity index (χ0v) is 36.7. The van der Waals surface area contributed by atoms with Gasteiger partial charge in [-0.3, -0.25) is 33.7 Å². The van der Waals surface area contributed by atoms with Gasteiger partial charge >= 0.3 is 5.97 Å². The lowest BCUT2D eigenvalue weighted by atomic mass is 9.89. The third-order valence-corrected chi connectivity index (χ3v) is 11.7. The summed E-state index contributed by atoms with van der Waals surface area (Å²) in [6.45, 7) is 14.2. The first kappa shape index (κ1) is 50.1. The molecule has 0 saturated carbocycles. The summed E-state index contributed by atoms with van der Waals surface area (Å²) >= 11 is 0. The number of rotatable bonds is 25. The Morgan fingerprint density at radius 1 is 0.931 bits per heavy atom. The molecule has 0 aromatic heterocycles. The molecule has 15 nitrogen and oxygen atoms in total. The van der Waals surface area contributed by atoms with Crippen LogP contribution in [0.5, 0.6) is 0 Å². The number of benzene rings is 1. The van der Waals surface area contributed by atoms with E-state index in [2.05, 4.69) is 10.6 Å². The molecule has 0 aliphatic carbocycles. The van der Waals surface area contributed by atoms with E-state index in [1.807, 2.05) is 76.8 Å². The van der Waals surface area contributed by atoms with Crippen LogP contribution in [0.4, 0.5) is 0 Å². The van der Waals surface area contributed by atoms with Gasteiger partial charge in [0.2, 0.25) is 29.5 Å². The minimum absolute atomic E-state index is 0.00906. The predicted molar refractivity (Wildman–Crippen MR) is 222 cm³/mol. The summed E-state index contributed by atoms with van der Waals surface area (Å²) in [5.74, 6) is -3.96. The zero-order chi connectivity index (χ0) is 43.9. The lowest BCUT2D eigenvalue weighted by Crippen LogP contribution is -2.60. The van der Waals surface area contributed by atoms with E-state index >= 15 is 0 Å². The van der Waals surface area contributed by atoms with Crippen molar-refractivity contribution in [2.75, 3.05) is 41.4 Å². The zero-order valence-electron chi connectivity index (χ0n) is 36.7. The van der Waals surface area contributed by atoms with Crippen LogP contribution >= 0.6 is 0 Å². The highest BCUT2D eigenvalue weighted by Gasteiger charge is 2.43. The van der Waals surface area contributed by atoms with Crippen molar-refractivity contribution in [1.82, 2.24) is 25.3 Å². The number of hydrogen-bond acceptors (Lipinski definition) is 9. The number of hydrogen-bond donors (Lipinski definition) is 4. The molecule has 5 N–H and O–H groups in total. The number of carboxylic acid groups (broad SMARTS) is 1. The van der Waals surface area contributed by atoms with E-state index in [-0.39, 0.29) is 54.7 Å². The van der Waals surface area contributed by atoms with Crippen LogP contribution in [0.2, 0.25) is 0 Å². The summed E-state index contributed by atoms with van der Waals surface area (Å²) in [6, 6.07) is 5.96. The smallest absolute Gasteiger partial charge is 0.303 e. The Hall–Kier alpha value is -4.08. The summed E-state index contributed by atoms with van der Waals surface area (Å²) in [7, 11) is 6.50. The van der Waals surface area contributed by atoms with Gasteiger partial charge in [-0.1, -0.05) is 85.2 Å². The van der Waals surface area contributed by atoms with Gasteiger partial charge in [0.05, 0.1) is 42.7 Å². The molecule has 1 saturated heterocycles. The molecule has 5 amide bonds. The number of nitrogens with two attached hydrogens (primary N) is 1. The first-order valence-electron chi connectivity index (χ1n) is 20.8. The van der Waals surface area contributed by atoms with Gasteiger partial charge in [-0.05, 0) is 56.2 Å².